The molecule has 0 aliphatic carbocycles. The number of amides is 1. The third-order valence-electron chi connectivity index (χ3n) is 4.10. The SMILES string of the molecule is Cc1ccc(-n2cnnc2SCC(=O)N(C)c2ccc([N+](=O)[O-])cc2)cc1Cl. The smallest absolute Gasteiger partial charge is 0.269 e. The Morgan fingerprint density at radius 3 is 2.64 bits per heavy atom. The molecule has 3 rings (SSSR count). The summed E-state index contributed by atoms with van der Waals surface area (Å²) in [6, 6.07) is 11.4. The Morgan fingerprint density at radius 1 is 1.29 bits per heavy atom. The molecule has 0 saturated carbocycles. The lowest BCUT2D eigenvalue weighted by Gasteiger charge is -2.17. The van der Waals surface area contributed by atoms with Crippen LogP contribution >= 0.6 is 23.4 Å². The van der Waals surface area contributed by atoms with E-state index in [2.05, 4.69) is 10.2 Å². The van der Waals surface area contributed by atoms with E-state index in [0.29, 0.717) is 15.9 Å². The van der Waals surface area contributed by atoms with Gasteiger partial charge in [-0.1, -0.05) is 29.4 Å². The first-order valence-corrected chi connectivity index (χ1v) is 9.53. The molecule has 0 radical (unpaired) electrons. The van der Waals surface area contributed by atoms with Gasteiger partial charge in [-0.2, -0.15) is 0 Å². The van der Waals surface area contributed by atoms with Gasteiger partial charge >= 0.3 is 0 Å². The van der Waals surface area contributed by atoms with E-state index in [1.807, 2.05) is 25.1 Å². The predicted molar refractivity (Wildman–Crippen MR) is 108 cm³/mol. The molecule has 0 aliphatic rings. The van der Waals surface area contributed by atoms with Gasteiger partial charge in [0.15, 0.2) is 5.16 Å². The lowest BCUT2D eigenvalue weighted by molar-refractivity contribution is -0.384. The van der Waals surface area contributed by atoms with E-state index in [0.717, 1.165) is 11.3 Å². The number of hydrogen-bond acceptors (Lipinski definition) is 6. The highest BCUT2D eigenvalue weighted by Gasteiger charge is 2.16. The largest absolute Gasteiger partial charge is 0.315 e. The van der Waals surface area contributed by atoms with Crippen LogP contribution in [0.3, 0.4) is 0 Å². The van der Waals surface area contributed by atoms with Crippen LogP contribution in [0, 0.1) is 17.0 Å². The number of nitro benzene ring substituents is 1. The first-order chi connectivity index (χ1) is 13.4. The quantitative estimate of drug-likeness (QED) is 0.343. The number of thioether (sulfide) groups is 1. The summed E-state index contributed by atoms with van der Waals surface area (Å²) in [7, 11) is 1.62. The normalized spacial score (nSPS) is 10.7. The molecule has 1 heterocycles. The van der Waals surface area contributed by atoms with E-state index in [-0.39, 0.29) is 17.3 Å². The Morgan fingerprint density at radius 2 is 2.00 bits per heavy atom. The molecule has 0 bridgehead atoms. The van der Waals surface area contributed by atoms with Gasteiger partial charge in [0.05, 0.1) is 16.4 Å². The highest BCUT2D eigenvalue weighted by molar-refractivity contribution is 7.99. The van der Waals surface area contributed by atoms with Crippen LogP contribution in [0.4, 0.5) is 11.4 Å². The Kier molecular flexibility index (Phi) is 5.96. The Labute approximate surface area is 170 Å². The van der Waals surface area contributed by atoms with Crippen LogP contribution in [0.25, 0.3) is 5.69 Å². The molecular weight excluding hydrogens is 402 g/mol. The zero-order valence-corrected chi connectivity index (χ0v) is 16.6. The van der Waals surface area contributed by atoms with Crippen molar-refractivity contribution in [1.82, 2.24) is 14.8 Å². The summed E-state index contributed by atoms with van der Waals surface area (Å²) in [5, 5.41) is 19.9. The molecule has 0 saturated heterocycles. The van der Waals surface area contributed by atoms with Crippen LogP contribution in [0.15, 0.2) is 53.9 Å². The van der Waals surface area contributed by atoms with Gasteiger partial charge in [0.25, 0.3) is 5.69 Å². The summed E-state index contributed by atoms with van der Waals surface area (Å²) >= 11 is 7.43. The van der Waals surface area contributed by atoms with E-state index in [1.54, 1.807) is 17.9 Å². The number of benzene rings is 2. The molecule has 0 N–H and O–H groups in total. The molecule has 3 aromatic rings. The number of nitrogens with zero attached hydrogens (tertiary/aromatic N) is 5. The zero-order valence-electron chi connectivity index (χ0n) is 15.1. The average Bonchev–Trinajstić information content (AvgIpc) is 3.16. The monoisotopic (exact) mass is 417 g/mol. The zero-order chi connectivity index (χ0) is 20.3. The second-order valence-electron chi connectivity index (χ2n) is 5.93. The molecule has 1 aromatic heterocycles. The molecule has 28 heavy (non-hydrogen) atoms. The molecule has 144 valence electrons. The summed E-state index contributed by atoms with van der Waals surface area (Å²) < 4.78 is 1.76. The maximum Gasteiger partial charge on any atom is 0.269 e. The lowest BCUT2D eigenvalue weighted by Crippen LogP contribution is -2.28. The Hall–Kier alpha value is -2.91. The van der Waals surface area contributed by atoms with E-state index in [4.69, 9.17) is 11.6 Å². The molecule has 2 aromatic carbocycles. The van der Waals surface area contributed by atoms with Crippen molar-refractivity contribution >= 4 is 40.6 Å². The summed E-state index contributed by atoms with van der Waals surface area (Å²) in [5.41, 5.74) is 2.32. The van der Waals surface area contributed by atoms with E-state index < -0.39 is 4.92 Å². The summed E-state index contributed by atoms with van der Waals surface area (Å²) in [4.78, 5) is 24.2. The molecule has 0 fully saturated rings. The fraction of sp³-hybridized carbons (Fsp3) is 0.167. The first kappa shape index (κ1) is 19.8. The van der Waals surface area contributed by atoms with Gasteiger partial charge in [-0.3, -0.25) is 19.5 Å². The van der Waals surface area contributed by atoms with Gasteiger partial charge in [-0.05, 0) is 36.8 Å². The fourth-order valence-electron chi connectivity index (χ4n) is 2.40. The predicted octanol–water partition coefficient (Wildman–Crippen LogP) is 3.89. The average molecular weight is 418 g/mol. The molecule has 0 aliphatic heterocycles. The van der Waals surface area contributed by atoms with Gasteiger partial charge in [0.2, 0.25) is 5.91 Å². The second-order valence-corrected chi connectivity index (χ2v) is 7.28. The third kappa shape index (κ3) is 4.32. The molecule has 1 amide bonds. The van der Waals surface area contributed by atoms with Crippen molar-refractivity contribution in [3.8, 4) is 5.69 Å². The van der Waals surface area contributed by atoms with Crippen LogP contribution in [-0.4, -0.2) is 38.4 Å². The Balaban J connectivity index is 1.69. The Bertz CT molecular complexity index is 1020. The highest BCUT2D eigenvalue weighted by atomic mass is 35.5. The minimum absolute atomic E-state index is 0.0242. The third-order valence-corrected chi connectivity index (χ3v) is 5.43. The number of aromatic nitrogens is 3. The van der Waals surface area contributed by atoms with Gasteiger partial charge in [0.1, 0.15) is 6.33 Å². The van der Waals surface area contributed by atoms with Gasteiger partial charge in [-0.25, -0.2) is 0 Å². The number of rotatable bonds is 6. The van der Waals surface area contributed by atoms with Crippen molar-refractivity contribution in [2.45, 2.75) is 12.1 Å². The number of nitro groups is 1. The number of carbonyl (C=O) groups excluding carboxylic acids is 1. The number of hydrogen-bond donors (Lipinski definition) is 0. The lowest BCUT2D eigenvalue weighted by atomic mass is 10.2. The number of halogens is 1. The van der Waals surface area contributed by atoms with Crippen LogP contribution < -0.4 is 4.90 Å². The number of carbonyl (C=O) groups is 1. The van der Waals surface area contributed by atoms with Crippen molar-refractivity contribution in [2.24, 2.45) is 0 Å². The van der Waals surface area contributed by atoms with Crippen LogP contribution in [0.2, 0.25) is 5.02 Å². The van der Waals surface area contributed by atoms with Gasteiger partial charge < -0.3 is 4.90 Å². The van der Waals surface area contributed by atoms with Crippen molar-refractivity contribution in [3.63, 3.8) is 0 Å². The minimum atomic E-state index is -0.481. The maximum absolute atomic E-state index is 12.5. The molecule has 0 spiro atoms. The molecular formula is C18H16ClN5O3S. The van der Waals surface area contributed by atoms with E-state index >= 15 is 0 Å². The summed E-state index contributed by atoms with van der Waals surface area (Å²) in [6.45, 7) is 1.92. The van der Waals surface area contributed by atoms with Gasteiger partial charge in [-0.15, -0.1) is 10.2 Å². The van der Waals surface area contributed by atoms with Crippen LogP contribution in [0.1, 0.15) is 5.56 Å². The van der Waals surface area contributed by atoms with Crippen LogP contribution in [0.5, 0.6) is 0 Å². The van der Waals surface area contributed by atoms with Crippen molar-refractivity contribution < 1.29 is 9.72 Å². The van der Waals surface area contributed by atoms with Crippen molar-refractivity contribution in [3.05, 3.63) is 69.5 Å². The fourth-order valence-corrected chi connectivity index (χ4v) is 3.41. The number of aryl methyl sites for hydroxylation is 1. The molecule has 8 nitrogen and oxygen atoms in total. The van der Waals surface area contributed by atoms with Crippen molar-refractivity contribution in [1.29, 1.82) is 0 Å². The highest BCUT2D eigenvalue weighted by Crippen LogP contribution is 2.25. The maximum atomic E-state index is 12.5. The first-order valence-electron chi connectivity index (χ1n) is 8.17. The number of anilines is 1. The molecule has 0 unspecified atom stereocenters. The van der Waals surface area contributed by atoms with Crippen molar-refractivity contribution in [2.75, 3.05) is 17.7 Å². The molecule has 0 atom stereocenters. The number of non-ortho nitro benzene ring substituents is 1. The van der Waals surface area contributed by atoms with Crippen LogP contribution in [-0.2, 0) is 4.79 Å². The standard InChI is InChI=1S/C18H16ClN5O3S/c1-12-3-4-15(9-16(12)19)23-11-20-21-18(23)28-10-17(25)22(2)13-5-7-14(8-6-13)24(26)27/h3-9,11H,10H2,1-2H3. The van der Waals surface area contributed by atoms with Gasteiger partial charge in [0, 0.05) is 29.9 Å². The van der Waals surface area contributed by atoms with E-state index in [9.17, 15) is 14.9 Å². The summed E-state index contributed by atoms with van der Waals surface area (Å²) in [5.74, 6) is -0.0403. The topological polar surface area (TPSA) is 94.2 Å². The molecule has 10 heteroatoms. The second kappa shape index (κ2) is 8.41. The van der Waals surface area contributed by atoms with E-state index in [1.165, 1.54) is 40.9 Å². The summed E-state index contributed by atoms with van der Waals surface area (Å²) in [6.07, 6.45) is 1.56. The minimum Gasteiger partial charge on any atom is -0.315 e.